The molecule has 2 fully saturated rings. The number of esters is 1. The lowest BCUT2D eigenvalue weighted by Crippen LogP contribution is -2.47. The third-order valence-electron chi connectivity index (χ3n) is 6.53. The van der Waals surface area contributed by atoms with Crippen molar-refractivity contribution in [1.29, 1.82) is 0 Å². The molecule has 3 rings (SSSR count). The molecule has 0 aromatic carbocycles. The van der Waals surface area contributed by atoms with E-state index in [9.17, 15) is 4.79 Å². The molecule has 0 aromatic heterocycles. The van der Waals surface area contributed by atoms with Gasteiger partial charge in [-0.1, -0.05) is 43.1 Å². The van der Waals surface area contributed by atoms with E-state index < -0.39 is 34.7 Å². The second kappa shape index (κ2) is 8.37. The lowest BCUT2D eigenvalue weighted by atomic mass is 9.94. The van der Waals surface area contributed by atoms with Crippen molar-refractivity contribution in [2.75, 3.05) is 13.2 Å². The fraction of sp³-hybridized carbons (Fsp3) is 0.833. The summed E-state index contributed by atoms with van der Waals surface area (Å²) in [6, 6.07) is 0. The molecule has 3 nitrogen and oxygen atoms in total. The van der Waals surface area contributed by atoms with E-state index in [4.69, 9.17) is 9.16 Å². The molecule has 0 spiro atoms. The van der Waals surface area contributed by atoms with Crippen LogP contribution >= 0.6 is 0 Å². The SMILES string of the molecule is C[SiH]1C[SiH](C)C[Si](C)(OCCOC(=O)C2CC3C=CC2C3)C[SiH](C)C1. The fourth-order valence-corrected chi connectivity index (χ4v) is 39.2. The van der Waals surface area contributed by atoms with E-state index in [-0.39, 0.29) is 11.9 Å². The second-order valence-corrected chi connectivity index (χ2v) is 26.4. The van der Waals surface area contributed by atoms with Crippen molar-refractivity contribution in [3.05, 3.63) is 12.2 Å². The summed E-state index contributed by atoms with van der Waals surface area (Å²) in [6.07, 6.45) is 6.66. The van der Waals surface area contributed by atoms with Crippen LogP contribution in [-0.4, -0.2) is 53.9 Å². The largest absolute Gasteiger partial charge is 0.463 e. The Hall–Kier alpha value is 0.0375. The van der Waals surface area contributed by atoms with E-state index in [2.05, 4.69) is 38.3 Å². The minimum atomic E-state index is -1.55. The highest BCUT2D eigenvalue weighted by atomic mass is 28.4. The Morgan fingerprint density at radius 1 is 1.04 bits per heavy atom. The summed E-state index contributed by atoms with van der Waals surface area (Å²) in [7, 11) is -3.08. The molecule has 1 saturated heterocycles. The van der Waals surface area contributed by atoms with Gasteiger partial charge in [0, 0.05) is 26.4 Å². The van der Waals surface area contributed by atoms with Gasteiger partial charge in [-0.2, -0.15) is 0 Å². The van der Waals surface area contributed by atoms with Crippen LogP contribution in [0, 0.1) is 17.8 Å². The Morgan fingerprint density at radius 2 is 1.72 bits per heavy atom. The van der Waals surface area contributed by atoms with Crippen LogP contribution in [0.2, 0.25) is 48.9 Å². The zero-order valence-electron chi connectivity index (χ0n) is 16.5. The van der Waals surface area contributed by atoms with E-state index in [1.807, 2.05) is 0 Å². The number of rotatable bonds is 5. The lowest BCUT2D eigenvalue weighted by molar-refractivity contribution is -0.150. The summed E-state index contributed by atoms with van der Waals surface area (Å²) < 4.78 is 12.1. The maximum atomic E-state index is 12.3. The molecule has 7 heteroatoms. The number of hydrogen-bond acceptors (Lipinski definition) is 3. The molecule has 5 atom stereocenters. The molecular weight excluding hydrogens is 377 g/mol. The van der Waals surface area contributed by atoms with Crippen molar-refractivity contribution >= 4 is 40.7 Å². The van der Waals surface area contributed by atoms with Gasteiger partial charge >= 0.3 is 5.97 Å². The van der Waals surface area contributed by atoms with Crippen molar-refractivity contribution in [2.45, 2.75) is 61.7 Å². The smallest absolute Gasteiger partial charge is 0.309 e. The number of hydrogen-bond donors (Lipinski definition) is 0. The first-order chi connectivity index (χ1) is 11.8. The second-order valence-electron chi connectivity index (χ2n) is 9.55. The molecule has 142 valence electrons. The van der Waals surface area contributed by atoms with Crippen LogP contribution in [0.5, 0.6) is 0 Å². The van der Waals surface area contributed by atoms with Crippen LogP contribution in [0.4, 0.5) is 0 Å². The Labute approximate surface area is 159 Å². The van der Waals surface area contributed by atoms with Crippen LogP contribution in [0.25, 0.3) is 0 Å². The Bertz CT molecular complexity index is 499. The zero-order chi connectivity index (χ0) is 18.0. The van der Waals surface area contributed by atoms with Gasteiger partial charge in [0.15, 0.2) is 8.32 Å². The molecule has 1 heterocycles. The number of carbonyl (C=O) groups is 1. The summed E-state index contributed by atoms with van der Waals surface area (Å²) in [5, 5.41) is 0. The summed E-state index contributed by atoms with van der Waals surface area (Å²) >= 11 is 0. The highest BCUT2D eigenvalue weighted by Gasteiger charge is 2.41. The molecule has 25 heavy (non-hydrogen) atoms. The van der Waals surface area contributed by atoms with Gasteiger partial charge in [-0.05, 0) is 42.6 Å². The number of allylic oxidation sites excluding steroid dienone is 2. The highest BCUT2D eigenvalue weighted by Crippen LogP contribution is 2.43. The average molecular weight is 413 g/mol. The fourth-order valence-electron chi connectivity index (χ4n) is 5.90. The minimum Gasteiger partial charge on any atom is -0.463 e. The van der Waals surface area contributed by atoms with Crippen molar-refractivity contribution < 1.29 is 14.0 Å². The van der Waals surface area contributed by atoms with Gasteiger partial charge in [0.05, 0.1) is 12.5 Å². The van der Waals surface area contributed by atoms with Crippen molar-refractivity contribution in [2.24, 2.45) is 17.8 Å². The highest BCUT2D eigenvalue weighted by molar-refractivity contribution is 6.98. The van der Waals surface area contributed by atoms with E-state index in [1.165, 1.54) is 11.3 Å². The van der Waals surface area contributed by atoms with Crippen molar-refractivity contribution in [3.63, 3.8) is 0 Å². The summed E-state index contributed by atoms with van der Waals surface area (Å²) in [5.74, 6) is 1.22. The minimum absolute atomic E-state index is 0.0234. The standard InChI is InChI=1S/C18H36O3Si4/c1-22-11-23(2)13-25(4,14-24(3)12-22)21-8-7-20-18(19)17-10-15-5-6-16(17)9-15/h5-6,15-17,22-24H,7-14H2,1-4H3. The van der Waals surface area contributed by atoms with Gasteiger partial charge in [0.2, 0.25) is 0 Å². The van der Waals surface area contributed by atoms with Gasteiger partial charge < -0.3 is 9.16 Å². The first kappa shape index (κ1) is 19.8. The lowest BCUT2D eigenvalue weighted by Gasteiger charge is -2.35. The van der Waals surface area contributed by atoms with Gasteiger partial charge in [-0.25, -0.2) is 0 Å². The molecule has 0 N–H and O–H groups in total. The van der Waals surface area contributed by atoms with Gasteiger partial charge in [-0.3, -0.25) is 4.79 Å². The predicted octanol–water partition coefficient (Wildman–Crippen LogP) is 3.07. The number of ether oxygens (including phenoxy) is 1. The first-order valence-electron chi connectivity index (χ1n) is 10.3. The number of fused-ring (bicyclic) bond motifs is 2. The summed E-state index contributed by atoms with van der Waals surface area (Å²) in [6.45, 7) is 11.3. The van der Waals surface area contributed by atoms with Crippen molar-refractivity contribution in [1.82, 2.24) is 0 Å². The van der Waals surface area contributed by atoms with Crippen LogP contribution in [0.1, 0.15) is 12.8 Å². The topological polar surface area (TPSA) is 35.5 Å². The molecular formula is C18H36O3Si4. The van der Waals surface area contributed by atoms with E-state index >= 15 is 0 Å². The quantitative estimate of drug-likeness (QED) is 0.301. The zero-order valence-corrected chi connectivity index (χ0v) is 21.0. The van der Waals surface area contributed by atoms with Crippen LogP contribution in [0.15, 0.2) is 12.2 Å². The van der Waals surface area contributed by atoms with Crippen molar-refractivity contribution in [3.8, 4) is 0 Å². The third-order valence-corrected chi connectivity index (χ3v) is 32.8. The van der Waals surface area contributed by atoms with E-state index in [0.717, 1.165) is 12.8 Å². The van der Waals surface area contributed by atoms with Crippen LogP contribution < -0.4 is 0 Å². The van der Waals surface area contributed by atoms with Crippen LogP contribution in [-0.2, 0) is 14.0 Å². The molecule has 2 aliphatic carbocycles. The monoisotopic (exact) mass is 412 g/mol. The molecule has 5 unspecified atom stereocenters. The van der Waals surface area contributed by atoms with E-state index in [0.29, 0.717) is 25.0 Å². The van der Waals surface area contributed by atoms with E-state index in [1.54, 1.807) is 11.3 Å². The predicted molar refractivity (Wildman–Crippen MR) is 116 cm³/mol. The molecule has 1 saturated carbocycles. The molecule has 3 aliphatic rings. The van der Waals surface area contributed by atoms with Crippen LogP contribution in [0.3, 0.4) is 0 Å². The molecule has 0 radical (unpaired) electrons. The molecule has 0 amide bonds. The maximum Gasteiger partial charge on any atom is 0.309 e. The Balaban J connectivity index is 1.42. The third kappa shape index (κ3) is 5.28. The molecule has 1 aliphatic heterocycles. The van der Waals surface area contributed by atoms with Gasteiger partial charge in [0.1, 0.15) is 6.61 Å². The van der Waals surface area contributed by atoms with Gasteiger partial charge in [0.25, 0.3) is 0 Å². The first-order valence-corrected chi connectivity index (χ1v) is 21.5. The normalized spacial score (nSPS) is 43.7. The summed E-state index contributed by atoms with van der Waals surface area (Å²) in [5.41, 5.74) is 6.17. The Morgan fingerprint density at radius 3 is 2.28 bits per heavy atom. The molecule has 0 aromatic rings. The average Bonchev–Trinajstić information content (AvgIpc) is 3.12. The Kier molecular flexibility index (Phi) is 6.63. The summed E-state index contributed by atoms with van der Waals surface area (Å²) in [4.78, 5) is 12.3. The number of carbonyl (C=O) groups excluding carboxylic acids is 1. The maximum absolute atomic E-state index is 12.3. The molecule has 2 bridgehead atoms. The van der Waals surface area contributed by atoms with Gasteiger partial charge in [-0.15, -0.1) is 0 Å².